The van der Waals surface area contributed by atoms with Gasteiger partial charge >= 0.3 is 0 Å². The molecule has 1 aromatic rings. The second-order valence-electron chi connectivity index (χ2n) is 24.2. The monoisotopic (exact) mass is 1250 g/mol. The number of hydrogen-bond acceptors (Lipinski definition) is 20. The Morgan fingerprint density at radius 1 is 0.739 bits per heavy atom. The van der Waals surface area contributed by atoms with Crippen LogP contribution in [-0.4, -0.2) is 223 Å². The normalized spacial score (nSPS) is 26.8. The summed E-state index contributed by atoms with van der Waals surface area (Å²) in [5.41, 5.74) is 11.4. The number of amides is 8. The maximum absolute atomic E-state index is 15.1. The predicted molar refractivity (Wildman–Crippen MR) is 321 cm³/mol. The summed E-state index contributed by atoms with van der Waals surface area (Å²) in [5, 5.41) is 109. The molecule has 17 atom stereocenters. The molecule has 3 aliphatic heterocycles. The van der Waals surface area contributed by atoms with Crippen LogP contribution in [0, 0.1) is 17.8 Å². The summed E-state index contributed by atoms with van der Waals surface area (Å²) in [6.07, 6.45) is -7.30. The Morgan fingerprint density at radius 3 is 2.03 bits per heavy atom. The number of fused-ring (bicyclic) bond motifs is 2. The number of aromatic hydroxyl groups is 1. The molecule has 3 saturated heterocycles. The zero-order chi connectivity index (χ0) is 65.2. The van der Waals surface area contributed by atoms with Gasteiger partial charge in [0.1, 0.15) is 48.2 Å². The van der Waals surface area contributed by atoms with Crippen molar-refractivity contribution in [1.82, 2.24) is 47.0 Å². The maximum atomic E-state index is 15.1. The molecule has 88 heavy (non-hydrogen) atoms. The zero-order valence-electron chi connectivity index (χ0n) is 51.5. The smallest absolute Gasteiger partial charge is 0.248 e. The lowest BCUT2D eigenvalue weighted by Gasteiger charge is -2.35. The molecule has 0 saturated carbocycles. The van der Waals surface area contributed by atoms with Crippen molar-refractivity contribution in [2.24, 2.45) is 29.2 Å². The number of phenols is 1. The Balaban J connectivity index is 1.78. The number of nitrogens with one attached hydrogen (secondary N) is 7. The number of carbonyl (C=O) groups excluding carboxylic acids is 9. The topological polar surface area (TPSA) is 458 Å². The van der Waals surface area contributed by atoms with Gasteiger partial charge in [0, 0.05) is 58.4 Å². The van der Waals surface area contributed by atoms with Crippen molar-refractivity contribution < 1.29 is 84.0 Å². The van der Waals surface area contributed by atoms with Gasteiger partial charge in [-0.25, -0.2) is 0 Å². The van der Waals surface area contributed by atoms with Crippen LogP contribution in [0.25, 0.3) is 0 Å². The number of rotatable bonds is 31. The molecule has 3 heterocycles. The van der Waals surface area contributed by atoms with Crippen molar-refractivity contribution in [3.63, 3.8) is 0 Å². The number of hydrogen-bond donors (Lipinski definition) is 17. The molecule has 498 valence electrons. The highest BCUT2D eigenvalue weighted by Crippen LogP contribution is 2.31. The molecule has 0 bridgehead atoms. The highest BCUT2D eigenvalue weighted by Gasteiger charge is 2.49. The van der Waals surface area contributed by atoms with Gasteiger partial charge in [0.2, 0.25) is 47.8 Å². The van der Waals surface area contributed by atoms with E-state index in [4.69, 9.17) is 11.5 Å². The van der Waals surface area contributed by atoms with Gasteiger partial charge in [-0.3, -0.25) is 48.5 Å². The largest absolute Gasteiger partial charge is 0.508 e. The van der Waals surface area contributed by atoms with Crippen LogP contribution in [0.4, 0.5) is 0 Å². The Bertz CT molecular complexity index is 2390. The van der Waals surface area contributed by atoms with Crippen molar-refractivity contribution in [1.29, 1.82) is 0 Å². The number of benzene rings is 1. The lowest BCUT2D eigenvalue weighted by molar-refractivity contribution is -0.149. The van der Waals surface area contributed by atoms with Crippen LogP contribution in [0.3, 0.4) is 0 Å². The van der Waals surface area contributed by atoms with E-state index in [0.29, 0.717) is 50.5 Å². The van der Waals surface area contributed by atoms with Gasteiger partial charge in [-0.2, -0.15) is 0 Å². The van der Waals surface area contributed by atoms with Crippen LogP contribution >= 0.6 is 0 Å². The highest BCUT2D eigenvalue weighted by atomic mass is 16.3. The third kappa shape index (κ3) is 22.8. The van der Waals surface area contributed by atoms with E-state index in [1.165, 1.54) is 30.7 Å². The molecular weight excluding hydrogens is 1150 g/mol. The fraction of sp³-hybridized carbons (Fsp3) is 0.750. The first-order valence-corrected chi connectivity index (χ1v) is 31.4. The van der Waals surface area contributed by atoms with E-state index < -0.39 is 177 Å². The van der Waals surface area contributed by atoms with E-state index in [0.717, 1.165) is 55.2 Å². The second-order valence-corrected chi connectivity index (χ2v) is 24.2. The maximum Gasteiger partial charge on any atom is 0.248 e. The second kappa shape index (κ2) is 37.9. The number of nitrogens with zero attached hydrogens (tertiary/aromatic N) is 2. The van der Waals surface area contributed by atoms with Crippen LogP contribution < -0.4 is 48.7 Å². The molecule has 0 spiro atoms. The fourth-order valence-corrected chi connectivity index (χ4v) is 11.7. The molecule has 28 heteroatoms. The first-order valence-electron chi connectivity index (χ1n) is 31.4. The van der Waals surface area contributed by atoms with Crippen molar-refractivity contribution >= 4 is 53.5 Å². The summed E-state index contributed by atoms with van der Waals surface area (Å²) in [7, 11) is 0. The minimum absolute atomic E-state index is 0.0482. The van der Waals surface area contributed by atoms with Gasteiger partial charge in [-0.15, -0.1) is 0 Å². The minimum Gasteiger partial charge on any atom is -0.508 e. The SMILES string of the molecule is CC[C@H](C)C[C@H](C)CCCCCCCCC(=O)N[C@H]1C[C@@H](O)[C@@H](NCCN)NC(=O)[C@@H]2[C@@H](O)CCN2C(=O)[C@H]([C@H](O)CCNC(=O)[C@H](CCCCN)NC=O)NC(=O)[C@H]([C@H](O)[C@@H](O)c2ccc(O)cc2)CC(=O)[C@@H]2C[C@@H](O)CN2C(=O)[C@H]([C@@H](C)O)NC1=O. The molecular formula is C60H101N11O17. The molecule has 1 aromatic carbocycles. The average molecular weight is 1250 g/mol. The molecule has 28 nitrogen and oxygen atoms in total. The number of aliphatic hydroxyl groups is 7. The van der Waals surface area contributed by atoms with Crippen molar-refractivity contribution in [3.8, 4) is 5.75 Å². The highest BCUT2D eigenvalue weighted by molar-refractivity contribution is 5.98. The summed E-state index contributed by atoms with van der Waals surface area (Å²) in [4.78, 5) is 129. The number of unbranched alkanes of at least 4 members (excludes halogenated alkanes) is 6. The Hall–Kier alpha value is -5.95. The fourth-order valence-electron chi connectivity index (χ4n) is 11.7. The quantitative estimate of drug-likeness (QED) is 0.0263. The lowest BCUT2D eigenvalue weighted by Crippen LogP contribution is -2.63. The van der Waals surface area contributed by atoms with Crippen molar-refractivity contribution in [2.75, 3.05) is 39.3 Å². The third-order valence-electron chi connectivity index (χ3n) is 17.0. The molecule has 0 radical (unpaired) electrons. The number of carbonyl (C=O) groups is 9. The van der Waals surface area contributed by atoms with E-state index in [1.807, 2.05) is 0 Å². The third-order valence-corrected chi connectivity index (χ3v) is 17.0. The molecule has 0 aliphatic carbocycles. The minimum atomic E-state index is -2.25. The van der Waals surface area contributed by atoms with Gasteiger partial charge in [0.25, 0.3) is 0 Å². The van der Waals surface area contributed by atoms with Gasteiger partial charge in [0.05, 0.1) is 48.6 Å². The molecule has 8 amide bonds. The van der Waals surface area contributed by atoms with E-state index >= 15 is 4.79 Å². The Kier molecular flexibility index (Phi) is 32.1. The number of aliphatic hydroxyl groups excluding tert-OH is 7. The van der Waals surface area contributed by atoms with Gasteiger partial charge in [0.15, 0.2) is 5.78 Å². The Morgan fingerprint density at radius 2 is 1.39 bits per heavy atom. The van der Waals surface area contributed by atoms with Crippen LogP contribution in [0.1, 0.15) is 155 Å². The summed E-state index contributed by atoms with van der Waals surface area (Å²) in [6, 6.07) is -5.42. The molecule has 3 fully saturated rings. The van der Waals surface area contributed by atoms with Gasteiger partial charge in [-0.05, 0) is 87.9 Å². The van der Waals surface area contributed by atoms with Gasteiger partial charge in [-0.1, -0.05) is 77.8 Å². The lowest BCUT2D eigenvalue weighted by atomic mass is 9.86. The summed E-state index contributed by atoms with van der Waals surface area (Å²) < 4.78 is 0. The van der Waals surface area contributed by atoms with Crippen LogP contribution in [0.15, 0.2) is 24.3 Å². The molecule has 3 aliphatic rings. The van der Waals surface area contributed by atoms with Crippen LogP contribution in [0.5, 0.6) is 5.75 Å². The standard InChI is InChI=1S/C60H101N11O17/c1-5-34(2)28-35(3)14-10-8-6-7-9-11-16-48(80)66-42-31-47(79)54(63-26-24-62)69-58(86)51-45(77)22-27-70(51)60(88)50(44(76)21-25-64-56(84)41(65-33-72)15-12-13-23-61)68-55(83)40(53(82)52(81)37-17-19-38(74)20-18-37)30-46(78)43-29-39(75)32-71(43)59(87)49(36(4)73)67-57(42)85/h17-20,33-36,39-45,47,49-54,63,73-77,79,81-82H,5-16,21-32,61-62H2,1-4H3,(H,64,84)(H,65,72)(H,66,80)(H,67,85)(H,68,83)(H,69,86)/t34-,35+,36+,39+,40-,41-,42-,43-,44+,45-,47+,49-,50-,51-,52-,53-,54-/m0/s1. The average Bonchev–Trinajstić information content (AvgIpc) is 1.73. The zero-order valence-corrected chi connectivity index (χ0v) is 51.5. The molecule has 0 unspecified atom stereocenters. The summed E-state index contributed by atoms with van der Waals surface area (Å²) in [5.74, 6) is -9.18. The van der Waals surface area contributed by atoms with Gasteiger partial charge < -0.3 is 94.0 Å². The van der Waals surface area contributed by atoms with Crippen molar-refractivity contribution in [2.45, 2.75) is 228 Å². The van der Waals surface area contributed by atoms with E-state index in [9.17, 15) is 79.2 Å². The van der Waals surface area contributed by atoms with E-state index in [-0.39, 0.29) is 50.2 Å². The van der Waals surface area contributed by atoms with E-state index in [1.54, 1.807) is 0 Å². The number of phenolic OH excluding ortho intramolecular Hbond substituents is 1. The van der Waals surface area contributed by atoms with Crippen LogP contribution in [-0.2, 0) is 43.2 Å². The van der Waals surface area contributed by atoms with Crippen molar-refractivity contribution in [3.05, 3.63) is 29.8 Å². The summed E-state index contributed by atoms with van der Waals surface area (Å²) in [6.45, 7) is 6.73. The summed E-state index contributed by atoms with van der Waals surface area (Å²) >= 11 is 0. The van der Waals surface area contributed by atoms with E-state index in [2.05, 4.69) is 58.0 Å². The predicted octanol–water partition coefficient (Wildman–Crippen LogP) is -2.82. The number of nitrogens with two attached hydrogens (primary N) is 2. The first-order chi connectivity index (χ1) is 41.9. The Labute approximate surface area is 515 Å². The number of ketones is 1. The molecule has 4 rings (SSSR count). The number of Topliss-reactive ketones (excluding diaryl/α,β-unsaturated/α-hetero) is 1. The first kappa shape index (κ1) is 74.5. The van der Waals surface area contributed by atoms with Crippen LogP contribution in [0.2, 0.25) is 0 Å². The molecule has 19 N–H and O–H groups in total. The molecule has 0 aromatic heterocycles.